The van der Waals surface area contributed by atoms with Crippen LogP contribution in [0.25, 0.3) is 0 Å². The molecule has 0 saturated heterocycles. The standard InChI is InChI=1S/C18H20N2O/c1-3-13-6-4-5-12(2)17(13)20-18(21)15-7-8-16-14(11-15)9-10-19-16/h4-8,11,19H,3,9-10H2,1-2H3,(H,20,21). The second-order valence-electron chi connectivity index (χ2n) is 5.47. The molecule has 2 aromatic carbocycles. The Morgan fingerprint density at radius 1 is 1.29 bits per heavy atom. The summed E-state index contributed by atoms with van der Waals surface area (Å²) in [6, 6.07) is 12.0. The van der Waals surface area contributed by atoms with Crippen molar-refractivity contribution < 1.29 is 4.79 Å². The molecule has 1 aliphatic rings. The largest absolute Gasteiger partial charge is 0.384 e. The Bertz CT molecular complexity index is 692. The summed E-state index contributed by atoms with van der Waals surface area (Å²) >= 11 is 0. The lowest BCUT2D eigenvalue weighted by Gasteiger charge is -2.13. The van der Waals surface area contributed by atoms with Crippen LogP contribution in [0, 0.1) is 6.92 Å². The highest BCUT2D eigenvalue weighted by atomic mass is 16.1. The van der Waals surface area contributed by atoms with Gasteiger partial charge in [0, 0.05) is 23.5 Å². The van der Waals surface area contributed by atoms with Gasteiger partial charge >= 0.3 is 0 Å². The van der Waals surface area contributed by atoms with Gasteiger partial charge in [0.2, 0.25) is 0 Å². The van der Waals surface area contributed by atoms with Crippen LogP contribution in [-0.2, 0) is 12.8 Å². The Kier molecular flexibility index (Phi) is 3.65. The molecule has 3 heteroatoms. The van der Waals surface area contributed by atoms with Crippen LogP contribution >= 0.6 is 0 Å². The van der Waals surface area contributed by atoms with E-state index in [0.717, 1.165) is 41.9 Å². The van der Waals surface area contributed by atoms with Crippen LogP contribution in [0.4, 0.5) is 11.4 Å². The van der Waals surface area contributed by atoms with Gasteiger partial charge in [0.15, 0.2) is 0 Å². The molecule has 3 nitrogen and oxygen atoms in total. The normalized spacial score (nSPS) is 12.7. The molecule has 2 N–H and O–H groups in total. The van der Waals surface area contributed by atoms with E-state index < -0.39 is 0 Å². The third-order valence-corrected chi connectivity index (χ3v) is 4.06. The predicted molar refractivity (Wildman–Crippen MR) is 87.1 cm³/mol. The Morgan fingerprint density at radius 2 is 2.14 bits per heavy atom. The molecule has 0 bridgehead atoms. The Labute approximate surface area is 125 Å². The maximum absolute atomic E-state index is 12.5. The first-order valence-electron chi connectivity index (χ1n) is 7.45. The number of hydrogen-bond donors (Lipinski definition) is 2. The first kappa shape index (κ1) is 13.7. The molecule has 1 aliphatic heterocycles. The van der Waals surface area contributed by atoms with Gasteiger partial charge in [0.05, 0.1) is 0 Å². The summed E-state index contributed by atoms with van der Waals surface area (Å²) < 4.78 is 0. The van der Waals surface area contributed by atoms with Gasteiger partial charge < -0.3 is 10.6 Å². The van der Waals surface area contributed by atoms with Crippen molar-refractivity contribution in [1.29, 1.82) is 0 Å². The number of carbonyl (C=O) groups excluding carboxylic acids is 1. The summed E-state index contributed by atoms with van der Waals surface area (Å²) in [6.07, 6.45) is 1.90. The van der Waals surface area contributed by atoms with Crippen LogP contribution in [0.5, 0.6) is 0 Å². The quantitative estimate of drug-likeness (QED) is 0.898. The molecule has 0 atom stereocenters. The van der Waals surface area contributed by atoms with Crippen LogP contribution in [0.2, 0.25) is 0 Å². The zero-order chi connectivity index (χ0) is 14.8. The van der Waals surface area contributed by atoms with E-state index in [4.69, 9.17) is 0 Å². The second-order valence-corrected chi connectivity index (χ2v) is 5.47. The molecule has 0 radical (unpaired) electrons. The minimum atomic E-state index is -0.0336. The third kappa shape index (κ3) is 2.64. The highest BCUT2D eigenvalue weighted by molar-refractivity contribution is 6.05. The Morgan fingerprint density at radius 3 is 2.95 bits per heavy atom. The van der Waals surface area contributed by atoms with Crippen LogP contribution < -0.4 is 10.6 Å². The molecule has 1 heterocycles. The molecule has 108 valence electrons. The molecule has 21 heavy (non-hydrogen) atoms. The fourth-order valence-electron chi connectivity index (χ4n) is 2.83. The van der Waals surface area contributed by atoms with Crippen molar-refractivity contribution in [1.82, 2.24) is 0 Å². The van der Waals surface area contributed by atoms with Gasteiger partial charge in [-0.3, -0.25) is 4.79 Å². The molecule has 0 spiro atoms. The highest BCUT2D eigenvalue weighted by Crippen LogP contribution is 2.25. The number of para-hydroxylation sites is 1. The average Bonchev–Trinajstić information content (AvgIpc) is 2.96. The summed E-state index contributed by atoms with van der Waals surface area (Å²) in [6.45, 7) is 5.09. The number of amides is 1. The van der Waals surface area contributed by atoms with E-state index in [9.17, 15) is 4.79 Å². The number of fused-ring (bicyclic) bond motifs is 1. The van der Waals surface area contributed by atoms with Gasteiger partial charge in [0.1, 0.15) is 0 Å². The molecule has 0 aliphatic carbocycles. The second kappa shape index (κ2) is 5.60. The third-order valence-electron chi connectivity index (χ3n) is 4.06. The summed E-state index contributed by atoms with van der Waals surface area (Å²) in [7, 11) is 0. The van der Waals surface area contributed by atoms with Gasteiger partial charge in [-0.15, -0.1) is 0 Å². The van der Waals surface area contributed by atoms with Crippen molar-refractivity contribution in [2.45, 2.75) is 26.7 Å². The Hall–Kier alpha value is -2.29. The van der Waals surface area contributed by atoms with Crippen molar-refractivity contribution >= 4 is 17.3 Å². The van der Waals surface area contributed by atoms with Gasteiger partial charge in [-0.2, -0.15) is 0 Å². The van der Waals surface area contributed by atoms with E-state index in [1.165, 1.54) is 11.1 Å². The number of anilines is 2. The summed E-state index contributed by atoms with van der Waals surface area (Å²) in [5.41, 5.74) is 6.32. The lowest BCUT2D eigenvalue weighted by atomic mass is 10.0. The molecule has 0 fully saturated rings. The first-order chi connectivity index (χ1) is 10.2. The lowest BCUT2D eigenvalue weighted by Crippen LogP contribution is -2.14. The predicted octanol–water partition coefficient (Wildman–Crippen LogP) is 3.78. The molecular formula is C18H20N2O. The fraction of sp³-hybridized carbons (Fsp3) is 0.278. The fourth-order valence-corrected chi connectivity index (χ4v) is 2.83. The lowest BCUT2D eigenvalue weighted by molar-refractivity contribution is 0.102. The maximum atomic E-state index is 12.5. The molecule has 2 aromatic rings. The van der Waals surface area contributed by atoms with E-state index in [1.807, 2.05) is 37.3 Å². The van der Waals surface area contributed by atoms with Gasteiger partial charge in [0.25, 0.3) is 5.91 Å². The molecule has 0 aromatic heterocycles. The zero-order valence-electron chi connectivity index (χ0n) is 12.5. The minimum Gasteiger partial charge on any atom is -0.384 e. The maximum Gasteiger partial charge on any atom is 0.255 e. The number of benzene rings is 2. The van der Waals surface area contributed by atoms with E-state index in [0.29, 0.717) is 0 Å². The number of hydrogen-bond acceptors (Lipinski definition) is 2. The molecule has 1 amide bonds. The Balaban J connectivity index is 1.87. The molecule has 3 rings (SSSR count). The van der Waals surface area contributed by atoms with Crippen molar-refractivity contribution in [3.63, 3.8) is 0 Å². The van der Waals surface area contributed by atoms with Gasteiger partial charge in [-0.05, 0) is 54.7 Å². The van der Waals surface area contributed by atoms with Crippen molar-refractivity contribution in [2.24, 2.45) is 0 Å². The van der Waals surface area contributed by atoms with E-state index in [2.05, 4.69) is 23.6 Å². The van der Waals surface area contributed by atoms with Crippen LogP contribution in [0.15, 0.2) is 36.4 Å². The molecular weight excluding hydrogens is 260 g/mol. The topological polar surface area (TPSA) is 41.1 Å². The number of aryl methyl sites for hydroxylation is 2. The average molecular weight is 280 g/mol. The summed E-state index contributed by atoms with van der Waals surface area (Å²) in [5, 5.41) is 6.39. The number of carbonyl (C=O) groups is 1. The van der Waals surface area contributed by atoms with Crippen LogP contribution in [-0.4, -0.2) is 12.5 Å². The first-order valence-corrected chi connectivity index (χ1v) is 7.45. The van der Waals surface area contributed by atoms with Crippen LogP contribution in [0.3, 0.4) is 0 Å². The van der Waals surface area contributed by atoms with Crippen LogP contribution in [0.1, 0.15) is 34.0 Å². The van der Waals surface area contributed by atoms with Crippen molar-refractivity contribution in [3.8, 4) is 0 Å². The summed E-state index contributed by atoms with van der Waals surface area (Å²) in [5.74, 6) is -0.0336. The molecule has 0 unspecified atom stereocenters. The van der Waals surface area contributed by atoms with Gasteiger partial charge in [-0.25, -0.2) is 0 Å². The molecule has 0 saturated carbocycles. The number of nitrogens with one attached hydrogen (secondary N) is 2. The zero-order valence-corrected chi connectivity index (χ0v) is 12.5. The van der Waals surface area contributed by atoms with Crippen molar-refractivity contribution in [2.75, 3.05) is 17.2 Å². The van der Waals surface area contributed by atoms with E-state index in [-0.39, 0.29) is 5.91 Å². The SMILES string of the molecule is CCc1cccc(C)c1NC(=O)c1ccc2c(c1)CCN2. The van der Waals surface area contributed by atoms with E-state index >= 15 is 0 Å². The highest BCUT2D eigenvalue weighted by Gasteiger charge is 2.15. The summed E-state index contributed by atoms with van der Waals surface area (Å²) in [4.78, 5) is 12.5. The monoisotopic (exact) mass is 280 g/mol. The van der Waals surface area contributed by atoms with E-state index in [1.54, 1.807) is 0 Å². The van der Waals surface area contributed by atoms with Crippen molar-refractivity contribution in [3.05, 3.63) is 58.7 Å². The number of rotatable bonds is 3. The smallest absolute Gasteiger partial charge is 0.255 e. The minimum absolute atomic E-state index is 0.0336. The van der Waals surface area contributed by atoms with Gasteiger partial charge in [-0.1, -0.05) is 25.1 Å².